The van der Waals surface area contributed by atoms with Crippen LogP contribution in [0.3, 0.4) is 0 Å². The lowest BCUT2D eigenvalue weighted by Crippen LogP contribution is -2.43. The first-order chi connectivity index (χ1) is 22.9. The summed E-state index contributed by atoms with van der Waals surface area (Å²) in [6.07, 6.45) is 9.90. The highest BCUT2D eigenvalue weighted by atomic mass is 16.5. The molecule has 4 fully saturated rings. The number of aromatic nitrogens is 3. The number of methoxy groups -OCH3 is 1. The maximum atomic E-state index is 13.7. The maximum Gasteiger partial charge on any atom is 0.254 e. The maximum absolute atomic E-state index is 13.7. The fourth-order valence-corrected chi connectivity index (χ4v) is 8.38. The minimum absolute atomic E-state index is 0.0171. The average Bonchev–Trinajstić information content (AvgIpc) is 3.75. The third kappa shape index (κ3) is 5.50. The number of piperidine rings is 2. The molecular formula is C38H48N6O3. The Morgan fingerprint density at radius 1 is 0.915 bits per heavy atom. The van der Waals surface area contributed by atoms with Crippen molar-refractivity contribution in [3.8, 4) is 17.3 Å². The minimum atomic E-state index is 0.0171. The van der Waals surface area contributed by atoms with Gasteiger partial charge in [0.1, 0.15) is 11.3 Å². The molecule has 2 saturated heterocycles. The smallest absolute Gasteiger partial charge is 0.254 e. The van der Waals surface area contributed by atoms with Gasteiger partial charge in [-0.25, -0.2) is 4.98 Å². The molecule has 0 spiro atoms. The van der Waals surface area contributed by atoms with Gasteiger partial charge in [-0.3, -0.25) is 9.59 Å². The Hall–Kier alpha value is -3.85. The summed E-state index contributed by atoms with van der Waals surface area (Å²) >= 11 is 0. The van der Waals surface area contributed by atoms with E-state index >= 15 is 0 Å². The number of carbonyl (C=O) groups excluding carboxylic acids is 2. The normalized spacial score (nSPS) is 21.0. The van der Waals surface area contributed by atoms with Gasteiger partial charge < -0.3 is 29.4 Å². The molecule has 2 aromatic heterocycles. The Morgan fingerprint density at radius 3 is 2.43 bits per heavy atom. The molecule has 1 atom stereocenters. The van der Waals surface area contributed by atoms with Gasteiger partial charge in [0.05, 0.1) is 23.8 Å². The quantitative estimate of drug-likeness (QED) is 0.259. The third-order valence-electron chi connectivity index (χ3n) is 11.6. The molecule has 2 saturated carbocycles. The molecule has 0 unspecified atom stereocenters. The van der Waals surface area contributed by atoms with Gasteiger partial charge in [0.25, 0.3) is 5.91 Å². The summed E-state index contributed by atoms with van der Waals surface area (Å²) in [6, 6.07) is 12.9. The molecular weight excluding hydrogens is 588 g/mol. The fourth-order valence-electron chi connectivity index (χ4n) is 8.38. The summed E-state index contributed by atoms with van der Waals surface area (Å²) in [5.74, 6) is 3.65. The van der Waals surface area contributed by atoms with E-state index in [1.165, 1.54) is 35.7 Å². The number of fused-ring (bicyclic) bond motifs is 2. The molecule has 0 radical (unpaired) electrons. The van der Waals surface area contributed by atoms with Crippen LogP contribution in [-0.4, -0.2) is 75.6 Å². The zero-order chi connectivity index (χ0) is 32.2. The first kappa shape index (κ1) is 30.5. The number of hydrogen-bond acceptors (Lipinski definition) is 5. The first-order valence-corrected chi connectivity index (χ1v) is 17.9. The van der Waals surface area contributed by atoms with Gasteiger partial charge in [0, 0.05) is 56.6 Å². The monoisotopic (exact) mass is 636 g/mol. The van der Waals surface area contributed by atoms with Gasteiger partial charge in [0.15, 0.2) is 5.82 Å². The molecule has 9 heteroatoms. The molecule has 2 N–H and O–H groups in total. The highest BCUT2D eigenvalue weighted by molar-refractivity contribution is 6.00. The molecule has 4 aromatic rings. The lowest BCUT2D eigenvalue weighted by Gasteiger charge is -2.37. The number of aryl methyl sites for hydroxylation is 1. The highest BCUT2D eigenvalue weighted by Gasteiger charge is 2.34. The van der Waals surface area contributed by atoms with Gasteiger partial charge in [-0.1, -0.05) is 24.6 Å². The number of rotatable bonds is 8. The largest absolute Gasteiger partial charge is 0.494 e. The van der Waals surface area contributed by atoms with Crippen molar-refractivity contribution in [1.29, 1.82) is 0 Å². The minimum Gasteiger partial charge on any atom is -0.494 e. The average molecular weight is 637 g/mol. The molecule has 4 heterocycles. The molecule has 47 heavy (non-hydrogen) atoms. The molecule has 2 aromatic carbocycles. The van der Waals surface area contributed by atoms with Crippen LogP contribution in [0.15, 0.2) is 36.4 Å². The molecule has 2 aliphatic heterocycles. The summed E-state index contributed by atoms with van der Waals surface area (Å²) in [5, 5.41) is 1.24. The van der Waals surface area contributed by atoms with Crippen molar-refractivity contribution in [3.05, 3.63) is 47.5 Å². The number of ether oxygens (including phenoxy) is 1. The Bertz CT molecular complexity index is 1820. The van der Waals surface area contributed by atoms with Crippen molar-refractivity contribution < 1.29 is 14.3 Å². The second-order valence-corrected chi connectivity index (χ2v) is 14.6. The number of nitrogens with two attached hydrogens (primary N) is 1. The van der Waals surface area contributed by atoms with Gasteiger partial charge in [-0.05, 0) is 99.4 Å². The summed E-state index contributed by atoms with van der Waals surface area (Å²) < 4.78 is 10.6. The van der Waals surface area contributed by atoms with Crippen LogP contribution in [-0.2, 0) is 18.4 Å². The van der Waals surface area contributed by atoms with E-state index in [9.17, 15) is 9.59 Å². The van der Waals surface area contributed by atoms with E-state index < -0.39 is 0 Å². The van der Waals surface area contributed by atoms with Crippen molar-refractivity contribution in [3.63, 3.8) is 0 Å². The van der Waals surface area contributed by atoms with Crippen molar-refractivity contribution >= 4 is 33.8 Å². The summed E-state index contributed by atoms with van der Waals surface area (Å²) in [4.78, 5) is 36.0. The van der Waals surface area contributed by atoms with E-state index in [1.807, 2.05) is 17.0 Å². The van der Waals surface area contributed by atoms with Crippen LogP contribution in [0.5, 0.6) is 5.75 Å². The van der Waals surface area contributed by atoms with Crippen molar-refractivity contribution in [2.24, 2.45) is 30.5 Å². The fraction of sp³-hybridized carbons (Fsp3) is 0.553. The summed E-state index contributed by atoms with van der Waals surface area (Å²) in [6.45, 7) is 4.72. The SMILES string of the molecule is COc1cc(C(=O)N2CCC[C@@H](CN)C2)cc2nc(-c3cc4cccc(C5CCN(C(=O)C6CCC6)CC5)c4n3CC3CC3)n(C)c12. The standard InChI is InChI=1S/C38H48N6O3/c1-41-35-31(18-29(20-33(35)47-2)38(46)43-15-5-6-25(21-39)22-43)40-36(41)32-19-28-9-4-10-30(34(28)44(32)23-24-11-12-24)26-13-16-42(17-14-26)37(45)27-7-3-8-27/h4,9-10,18-20,24-27H,3,5-8,11-17,21-23,39H2,1-2H3/t25-/m0/s1. The van der Waals surface area contributed by atoms with E-state index in [4.69, 9.17) is 15.5 Å². The molecule has 4 aliphatic rings. The highest BCUT2D eigenvalue weighted by Crippen LogP contribution is 2.42. The van der Waals surface area contributed by atoms with Crippen molar-refractivity contribution in [2.75, 3.05) is 39.8 Å². The van der Waals surface area contributed by atoms with Crippen LogP contribution in [0.1, 0.15) is 79.6 Å². The van der Waals surface area contributed by atoms with Crippen LogP contribution in [0.25, 0.3) is 33.5 Å². The zero-order valence-corrected chi connectivity index (χ0v) is 27.9. The number of likely N-dealkylation sites (tertiary alicyclic amines) is 2. The van der Waals surface area contributed by atoms with E-state index in [0.29, 0.717) is 48.1 Å². The first-order valence-electron chi connectivity index (χ1n) is 17.9. The number of carbonyl (C=O) groups is 2. The van der Waals surface area contributed by atoms with Crippen LogP contribution in [0.4, 0.5) is 0 Å². The van der Waals surface area contributed by atoms with Gasteiger partial charge >= 0.3 is 0 Å². The molecule has 8 rings (SSSR count). The second kappa shape index (κ2) is 12.3. The lowest BCUT2D eigenvalue weighted by atomic mass is 9.83. The Labute approximate surface area is 277 Å². The summed E-state index contributed by atoms with van der Waals surface area (Å²) in [5.41, 5.74) is 12.1. The molecule has 9 nitrogen and oxygen atoms in total. The van der Waals surface area contributed by atoms with Crippen LogP contribution in [0, 0.1) is 17.8 Å². The van der Waals surface area contributed by atoms with Crippen molar-refractivity contribution in [2.45, 2.75) is 70.3 Å². The molecule has 0 bridgehead atoms. The Morgan fingerprint density at radius 2 is 1.72 bits per heavy atom. The number of hydrogen-bond donors (Lipinski definition) is 1. The molecule has 2 aliphatic carbocycles. The van der Waals surface area contributed by atoms with Gasteiger partial charge in [-0.2, -0.15) is 0 Å². The predicted molar refractivity (Wildman–Crippen MR) is 184 cm³/mol. The van der Waals surface area contributed by atoms with Crippen LogP contribution in [0.2, 0.25) is 0 Å². The van der Waals surface area contributed by atoms with Gasteiger partial charge in [0.2, 0.25) is 5.91 Å². The number of amides is 2. The Balaban J connectivity index is 1.16. The van der Waals surface area contributed by atoms with Crippen molar-refractivity contribution in [1.82, 2.24) is 23.9 Å². The number of nitrogens with zero attached hydrogens (tertiary/aromatic N) is 5. The summed E-state index contributed by atoms with van der Waals surface area (Å²) in [7, 11) is 3.72. The van der Waals surface area contributed by atoms with E-state index in [-0.39, 0.29) is 11.8 Å². The van der Waals surface area contributed by atoms with Crippen LogP contribution >= 0.6 is 0 Å². The Kier molecular flexibility index (Phi) is 7.98. The second-order valence-electron chi connectivity index (χ2n) is 14.6. The van der Waals surface area contributed by atoms with E-state index in [0.717, 1.165) is 87.3 Å². The number of imidazole rings is 1. The number of para-hydroxylation sites is 1. The third-order valence-corrected chi connectivity index (χ3v) is 11.6. The molecule has 2 amide bonds. The number of benzene rings is 2. The van der Waals surface area contributed by atoms with Crippen LogP contribution < -0.4 is 10.5 Å². The lowest BCUT2D eigenvalue weighted by molar-refractivity contribution is -0.139. The van der Waals surface area contributed by atoms with Gasteiger partial charge in [-0.15, -0.1) is 0 Å². The topological polar surface area (TPSA) is 98.6 Å². The predicted octanol–water partition coefficient (Wildman–Crippen LogP) is 5.93. The van der Waals surface area contributed by atoms with E-state index in [2.05, 4.69) is 45.3 Å². The van der Waals surface area contributed by atoms with E-state index in [1.54, 1.807) is 7.11 Å². The zero-order valence-electron chi connectivity index (χ0n) is 27.9. The molecule has 248 valence electrons.